The van der Waals surface area contributed by atoms with Crippen molar-refractivity contribution in [1.82, 2.24) is 15.5 Å². The summed E-state index contributed by atoms with van der Waals surface area (Å²) in [7, 11) is 4.02. The first-order chi connectivity index (χ1) is 6.16. The van der Waals surface area contributed by atoms with Gasteiger partial charge in [0.1, 0.15) is 0 Å². The Bertz CT molecular complexity index is 138. The summed E-state index contributed by atoms with van der Waals surface area (Å²) in [6.45, 7) is 2.69. The molecule has 0 heterocycles. The predicted octanol–water partition coefficient (Wildman–Crippen LogP) is -0.804. The molecule has 0 aromatic carbocycles. The maximum atomic E-state index is 11.0. The second-order valence-electron chi connectivity index (χ2n) is 3.13. The number of nitrogens with zero attached hydrogens (tertiary/aromatic N) is 1. The molecule has 0 spiro atoms. The van der Waals surface area contributed by atoms with Crippen LogP contribution in [0.3, 0.4) is 0 Å². The number of nitrogens with two attached hydrogens (primary N) is 1. The van der Waals surface area contributed by atoms with E-state index in [4.69, 9.17) is 5.73 Å². The van der Waals surface area contributed by atoms with Gasteiger partial charge in [0, 0.05) is 19.6 Å². The first-order valence-corrected chi connectivity index (χ1v) is 4.53. The van der Waals surface area contributed by atoms with Gasteiger partial charge in [-0.25, -0.2) is 4.79 Å². The third-order valence-electron chi connectivity index (χ3n) is 1.50. The highest BCUT2D eigenvalue weighted by Crippen LogP contribution is 1.80. The Morgan fingerprint density at radius 1 is 1.31 bits per heavy atom. The Labute approximate surface area is 79.7 Å². The number of amides is 2. The number of hydrogen-bond acceptors (Lipinski definition) is 3. The maximum absolute atomic E-state index is 11.0. The minimum Gasteiger partial charge on any atom is -0.338 e. The fourth-order valence-electron chi connectivity index (χ4n) is 0.845. The summed E-state index contributed by atoms with van der Waals surface area (Å²) in [5.74, 6) is 0. The number of rotatable bonds is 6. The van der Waals surface area contributed by atoms with Crippen molar-refractivity contribution in [2.24, 2.45) is 5.73 Å². The topological polar surface area (TPSA) is 70.4 Å². The van der Waals surface area contributed by atoms with Crippen molar-refractivity contribution in [3.8, 4) is 0 Å². The largest absolute Gasteiger partial charge is 0.338 e. The predicted molar refractivity (Wildman–Crippen MR) is 53.6 cm³/mol. The summed E-state index contributed by atoms with van der Waals surface area (Å²) in [6, 6.07) is -0.135. The average Bonchev–Trinajstić information content (AvgIpc) is 2.08. The zero-order valence-corrected chi connectivity index (χ0v) is 8.47. The Morgan fingerprint density at radius 3 is 2.46 bits per heavy atom. The Kier molecular flexibility index (Phi) is 7.33. The minimum absolute atomic E-state index is 0.135. The van der Waals surface area contributed by atoms with Crippen LogP contribution >= 0.6 is 0 Å². The van der Waals surface area contributed by atoms with E-state index in [1.807, 2.05) is 14.1 Å². The van der Waals surface area contributed by atoms with Crippen LogP contribution in [-0.2, 0) is 0 Å². The highest BCUT2D eigenvalue weighted by molar-refractivity contribution is 5.73. The fraction of sp³-hybridized carbons (Fsp3) is 0.875. The molecule has 0 unspecified atom stereocenters. The van der Waals surface area contributed by atoms with Gasteiger partial charge in [-0.3, -0.25) is 0 Å². The zero-order valence-electron chi connectivity index (χ0n) is 8.47. The molecule has 0 atom stereocenters. The minimum atomic E-state index is -0.135. The molecule has 0 bridgehead atoms. The van der Waals surface area contributed by atoms with Crippen LogP contribution < -0.4 is 16.4 Å². The molecule has 0 aromatic rings. The molecule has 4 N–H and O–H groups in total. The SMILES string of the molecule is CN(C)CCCNC(=O)NCCN. The molecule has 0 aliphatic rings. The lowest BCUT2D eigenvalue weighted by Gasteiger charge is -2.10. The molecule has 5 nitrogen and oxygen atoms in total. The fourth-order valence-corrected chi connectivity index (χ4v) is 0.845. The molecular formula is C8H20N4O. The molecule has 0 aromatic heterocycles. The first-order valence-electron chi connectivity index (χ1n) is 4.53. The normalized spacial score (nSPS) is 10.2. The van der Waals surface area contributed by atoms with Crippen LogP contribution in [0.2, 0.25) is 0 Å². The molecule has 2 amide bonds. The van der Waals surface area contributed by atoms with E-state index in [9.17, 15) is 4.79 Å². The lowest BCUT2D eigenvalue weighted by molar-refractivity contribution is 0.240. The van der Waals surface area contributed by atoms with E-state index in [2.05, 4.69) is 15.5 Å². The second kappa shape index (κ2) is 7.82. The van der Waals surface area contributed by atoms with E-state index in [-0.39, 0.29) is 6.03 Å². The summed E-state index contributed by atoms with van der Waals surface area (Å²) in [5, 5.41) is 5.37. The lowest BCUT2D eigenvalue weighted by atomic mass is 10.4. The second-order valence-corrected chi connectivity index (χ2v) is 3.13. The van der Waals surface area contributed by atoms with Crippen LogP contribution in [0.25, 0.3) is 0 Å². The van der Waals surface area contributed by atoms with Crippen LogP contribution in [0.15, 0.2) is 0 Å². The van der Waals surface area contributed by atoms with Gasteiger partial charge in [0.2, 0.25) is 0 Å². The molecule has 0 saturated heterocycles. The van der Waals surface area contributed by atoms with Crippen LogP contribution in [0.5, 0.6) is 0 Å². The molecule has 5 heteroatoms. The van der Waals surface area contributed by atoms with Crippen LogP contribution in [0.4, 0.5) is 4.79 Å². The number of urea groups is 1. The summed E-state index contributed by atoms with van der Waals surface area (Å²) >= 11 is 0. The summed E-state index contributed by atoms with van der Waals surface area (Å²) < 4.78 is 0. The lowest BCUT2D eigenvalue weighted by Crippen LogP contribution is -2.39. The highest BCUT2D eigenvalue weighted by atomic mass is 16.2. The van der Waals surface area contributed by atoms with Gasteiger partial charge < -0.3 is 21.3 Å². The molecule has 0 fully saturated rings. The van der Waals surface area contributed by atoms with Gasteiger partial charge in [-0.2, -0.15) is 0 Å². The molecule has 78 valence electrons. The van der Waals surface area contributed by atoms with Crippen molar-refractivity contribution in [3.63, 3.8) is 0 Å². The van der Waals surface area contributed by atoms with E-state index in [1.165, 1.54) is 0 Å². The molecule has 0 aliphatic carbocycles. The van der Waals surface area contributed by atoms with Crippen molar-refractivity contribution in [1.29, 1.82) is 0 Å². The number of nitrogens with one attached hydrogen (secondary N) is 2. The third kappa shape index (κ3) is 9.10. The maximum Gasteiger partial charge on any atom is 0.314 e. The van der Waals surface area contributed by atoms with Gasteiger partial charge in [0.05, 0.1) is 0 Å². The van der Waals surface area contributed by atoms with Crippen molar-refractivity contribution in [2.45, 2.75) is 6.42 Å². The zero-order chi connectivity index (χ0) is 10.1. The molecule has 0 aliphatic heterocycles. The monoisotopic (exact) mass is 188 g/mol. The summed E-state index contributed by atoms with van der Waals surface area (Å²) in [4.78, 5) is 13.0. The van der Waals surface area contributed by atoms with E-state index in [0.29, 0.717) is 19.6 Å². The van der Waals surface area contributed by atoms with Gasteiger partial charge in [0.15, 0.2) is 0 Å². The first kappa shape index (κ1) is 12.2. The van der Waals surface area contributed by atoms with Crippen LogP contribution in [0.1, 0.15) is 6.42 Å². The van der Waals surface area contributed by atoms with E-state index in [0.717, 1.165) is 13.0 Å². The van der Waals surface area contributed by atoms with E-state index in [1.54, 1.807) is 0 Å². The molecule has 0 rings (SSSR count). The van der Waals surface area contributed by atoms with Crippen LogP contribution in [0, 0.1) is 0 Å². The highest BCUT2D eigenvalue weighted by Gasteiger charge is 1.96. The van der Waals surface area contributed by atoms with Crippen molar-refractivity contribution < 1.29 is 4.79 Å². The van der Waals surface area contributed by atoms with Gasteiger partial charge in [-0.05, 0) is 27.1 Å². The molecule has 0 radical (unpaired) electrons. The van der Waals surface area contributed by atoms with Gasteiger partial charge in [0.25, 0.3) is 0 Å². The smallest absolute Gasteiger partial charge is 0.314 e. The van der Waals surface area contributed by atoms with Gasteiger partial charge >= 0.3 is 6.03 Å². The van der Waals surface area contributed by atoms with E-state index >= 15 is 0 Å². The number of carbonyl (C=O) groups is 1. The Hall–Kier alpha value is -0.810. The van der Waals surface area contributed by atoms with E-state index < -0.39 is 0 Å². The molecule has 0 saturated carbocycles. The standard InChI is InChI=1S/C8H20N4O/c1-12(2)7-3-5-10-8(13)11-6-4-9/h3-7,9H2,1-2H3,(H2,10,11,13). The number of hydrogen-bond donors (Lipinski definition) is 3. The summed E-state index contributed by atoms with van der Waals surface area (Å²) in [5.41, 5.74) is 5.22. The van der Waals surface area contributed by atoms with Crippen molar-refractivity contribution in [2.75, 3.05) is 40.3 Å². The van der Waals surface area contributed by atoms with Crippen molar-refractivity contribution >= 4 is 6.03 Å². The quantitative estimate of drug-likeness (QED) is 0.478. The molecule has 13 heavy (non-hydrogen) atoms. The van der Waals surface area contributed by atoms with Crippen LogP contribution in [-0.4, -0.2) is 51.2 Å². The molecular weight excluding hydrogens is 168 g/mol. The van der Waals surface area contributed by atoms with Gasteiger partial charge in [-0.15, -0.1) is 0 Å². The Morgan fingerprint density at radius 2 is 1.92 bits per heavy atom. The van der Waals surface area contributed by atoms with Crippen molar-refractivity contribution in [3.05, 3.63) is 0 Å². The summed E-state index contributed by atoms with van der Waals surface area (Å²) in [6.07, 6.45) is 0.961. The third-order valence-corrected chi connectivity index (χ3v) is 1.50. The number of carbonyl (C=O) groups excluding carboxylic acids is 1. The average molecular weight is 188 g/mol. The van der Waals surface area contributed by atoms with Gasteiger partial charge in [-0.1, -0.05) is 0 Å². The Balaban J connectivity index is 3.17.